The highest BCUT2D eigenvalue weighted by Gasteiger charge is 2.57. The fourth-order valence-corrected chi connectivity index (χ4v) is 0.792. The summed E-state index contributed by atoms with van der Waals surface area (Å²) in [5.41, 5.74) is -3.53. The Morgan fingerprint density at radius 3 is 2.46 bits per heavy atom. The van der Waals surface area contributed by atoms with Crippen LogP contribution in [-0.4, -0.2) is 40.0 Å². The number of imide groups is 1. The van der Waals surface area contributed by atoms with Crippen LogP contribution in [0.1, 0.15) is 0 Å². The number of carbonyl (C=O) groups is 3. The number of hydrogen-bond donors (Lipinski definition) is 4. The molecule has 0 aromatic rings. The summed E-state index contributed by atoms with van der Waals surface area (Å²) in [6.45, 7) is 0. The largest absolute Gasteiger partial charge is 0.478 e. The van der Waals surface area contributed by atoms with Crippen LogP contribution in [0.25, 0.3) is 0 Å². The third kappa shape index (κ3) is 1.20. The number of amides is 3. The van der Waals surface area contributed by atoms with Crippen LogP contribution >= 0.6 is 0 Å². The van der Waals surface area contributed by atoms with Crippen LogP contribution in [0, 0.1) is 0 Å². The van der Waals surface area contributed by atoms with Gasteiger partial charge in [0.05, 0.1) is 0 Å². The highest BCUT2D eigenvalue weighted by atomic mass is 19.1. The van der Waals surface area contributed by atoms with Crippen molar-refractivity contribution in [2.24, 2.45) is 0 Å². The molecule has 0 saturated carbocycles. The zero-order valence-corrected chi connectivity index (χ0v) is 6.07. The summed E-state index contributed by atoms with van der Waals surface area (Å²) in [6, 6.07) is -1.15. The van der Waals surface area contributed by atoms with Crippen LogP contribution in [-0.2, 0) is 9.59 Å². The molecule has 0 aliphatic carbocycles. The van der Waals surface area contributed by atoms with Crippen LogP contribution in [0.3, 0.4) is 0 Å². The molecule has 0 radical (unpaired) electrons. The molecule has 1 fully saturated rings. The van der Waals surface area contributed by atoms with Crippen molar-refractivity contribution in [1.29, 1.82) is 0 Å². The van der Waals surface area contributed by atoms with E-state index in [9.17, 15) is 18.8 Å². The number of carbonyl (C=O) groups excluding carboxylic acids is 2. The second-order valence-electron chi connectivity index (χ2n) is 2.35. The van der Waals surface area contributed by atoms with E-state index in [2.05, 4.69) is 0 Å². The van der Waals surface area contributed by atoms with Crippen molar-refractivity contribution >= 4 is 17.9 Å². The van der Waals surface area contributed by atoms with Crippen molar-refractivity contribution in [2.75, 3.05) is 0 Å². The monoisotopic (exact) mass is 192 g/mol. The number of aliphatic hydroxyl groups excluding tert-OH is 1. The lowest BCUT2D eigenvalue weighted by molar-refractivity contribution is -0.169. The number of halogens is 1. The van der Waals surface area contributed by atoms with Gasteiger partial charge in [0.1, 0.15) is 0 Å². The molecule has 1 saturated heterocycles. The molecule has 1 aliphatic heterocycles. The van der Waals surface area contributed by atoms with Gasteiger partial charge in [0.15, 0.2) is 6.23 Å². The molecule has 7 nitrogen and oxygen atoms in total. The zero-order valence-electron chi connectivity index (χ0n) is 6.07. The van der Waals surface area contributed by atoms with Crippen molar-refractivity contribution in [1.82, 2.24) is 10.6 Å². The Morgan fingerprint density at radius 2 is 2.08 bits per heavy atom. The predicted octanol–water partition coefficient (Wildman–Crippen LogP) is -2.06. The van der Waals surface area contributed by atoms with Gasteiger partial charge < -0.3 is 15.5 Å². The minimum absolute atomic E-state index is 1.15. The maximum Gasteiger partial charge on any atom is 0.356 e. The van der Waals surface area contributed by atoms with E-state index in [0.717, 1.165) is 0 Å². The quantitative estimate of drug-likeness (QED) is 0.356. The van der Waals surface area contributed by atoms with Crippen molar-refractivity contribution in [3.63, 3.8) is 0 Å². The number of carboxylic acid groups (broad SMARTS) is 1. The number of rotatable bonds is 1. The highest BCUT2D eigenvalue weighted by Crippen LogP contribution is 2.18. The molecule has 1 heterocycles. The molecule has 0 aromatic carbocycles. The first kappa shape index (κ1) is 9.39. The molecule has 0 aromatic heterocycles. The van der Waals surface area contributed by atoms with Crippen molar-refractivity contribution in [3.8, 4) is 0 Å². The summed E-state index contributed by atoms with van der Waals surface area (Å²) < 4.78 is 13.2. The van der Waals surface area contributed by atoms with Crippen molar-refractivity contribution < 1.29 is 29.0 Å². The fraction of sp³-hybridized carbons (Fsp3) is 0.400. The highest BCUT2D eigenvalue weighted by molar-refractivity contribution is 6.13. The molecule has 4 N–H and O–H groups in total. The Balaban J connectivity index is 3.03. The van der Waals surface area contributed by atoms with Gasteiger partial charge in [-0.25, -0.2) is 14.0 Å². The standard InChI is InChI=1S/C5H5FN2O5/c6-5(3(11)12)1(9)7-4(13)8-2(5)10/h1,9H,(H,11,12)(H2,7,8,10,13). The van der Waals surface area contributed by atoms with E-state index in [-0.39, 0.29) is 0 Å². The number of carboxylic acids is 1. The first-order chi connectivity index (χ1) is 5.89. The van der Waals surface area contributed by atoms with Crippen LogP contribution in [0.2, 0.25) is 0 Å². The fourth-order valence-electron chi connectivity index (χ4n) is 0.792. The summed E-state index contributed by atoms with van der Waals surface area (Å²) in [7, 11) is 0. The number of urea groups is 1. The number of alkyl halides is 1. The summed E-state index contributed by atoms with van der Waals surface area (Å²) in [4.78, 5) is 31.4. The van der Waals surface area contributed by atoms with Crippen LogP contribution in [0.15, 0.2) is 0 Å². The lowest BCUT2D eigenvalue weighted by atomic mass is 10.0. The third-order valence-electron chi connectivity index (χ3n) is 1.51. The number of aliphatic hydroxyl groups is 1. The van der Waals surface area contributed by atoms with Gasteiger partial charge in [-0.05, 0) is 0 Å². The van der Waals surface area contributed by atoms with E-state index in [1.807, 2.05) is 0 Å². The summed E-state index contributed by atoms with van der Waals surface area (Å²) >= 11 is 0. The van der Waals surface area contributed by atoms with Crippen molar-refractivity contribution in [3.05, 3.63) is 0 Å². The Bertz CT molecular complexity index is 293. The average molecular weight is 192 g/mol. The molecule has 1 aliphatic rings. The molecule has 3 amide bonds. The van der Waals surface area contributed by atoms with E-state index >= 15 is 0 Å². The van der Waals surface area contributed by atoms with E-state index in [1.54, 1.807) is 0 Å². The molecule has 0 spiro atoms. The van der Waals surface area contributed by atoms with Gasteiger partial charge in [-0.2, -0.15) is 0 Å². The maximum atomic E-state index is 13.2. The molecule has 72 valence electrons. The maximum absolute atomic E-state index is 13.2. The van der Waals surface area contributed by atoms with Crippen molar-refractivity contribution in [2.45, 2.75) is 11.9 Å². The molecule has 13 heavy (non-hydrogen) atoms. The second-order valence-corrected chi connectivity index (χ2v) is 2.35. The summed E-state index contributed by atoms with van der Waals surface area (Å²) in [6.07, 6.45) is -2.38. The normalized spacial score (nSPS) is 33.5. The Labute approximate surface area is 70.5 Å². The molecular formula is C5H5FN2O5. The lowest BCUT2D eigenvalue weighted by Crippen LogP contribution is -2.69. The minimum Gasteiger partial charge on any atom is -0.478 e. The van der Waals surface area contributed by atoms with Crippen LogP contribution in [0.4, 0.5) is 9.18 Å². The van der Waals surface area contributed by atoms with Gasteiger partial charge in [-0.3, -0.25) is 10.1 Å². The Hall–Kier alpha value is -1.70. The van der Waals surface area contributed by atoms with E-state index < -0.39 is 29.8 Å². The average Bonchev–Trinajstić information content (AvgIpc) is 1.99. The molecule has 8 heteroatoms. The Morgan fingerprint density at radius 1 is 1.54 bits per heavy atom. The van der Waals surface area contributed by atoms with E-state index in [0.29, 0.717) is 0 Å². The van der Waals surface area contributed by atoms with Gasteiger partial charge in [0.2, 0.25) is 0 Å². The molecule has 2 unspecified atom stereocenters. The summed E-state index contributed by atoms with van der Waals surface area (Å²) in [5, 5.41) is 20.0. The molecule has 2 atom stereocenters. The second kappa shape index (κ2) is 2.66. The number of aliphatic carboxylic acids is 1. The van der Waals surface area contributed by atoms with E-state index in [1.165, 1.54) is 10.6 Å². The topological polar surface area (TPSA) is 116 Å². The molecular weight excluding hydrogens is 187 g/mol. The van der Waals surface area contributed by atoms with Gasteiger partial charge in [-0.1, -0.05) is 0 Å². The summed E-state index contributed by atoms with van der Waals surface area (Å²) in [5.74, 6) is -3.87. The van der Waals surface area contributed by atoms with Gasteiger partial charge in [-0.15, -0.1) is 0 Å². The van der Waals surface area contributed by atoms with E-state index in [4.69, 9.17) is 10.2 Å². The lowest BCUT2D eigenvalue weighted by Gasteiger charge is -2.29. The predicted molar refractivity (Wildman–Crippen MR) is 34.2 cm³/mol. The number of nitrogens with one attached hydrogen (secondary N) is 2. The number of hydrogen-bond acceptors (Lipinski definition) is 4. The molecule has 0 bridgehead atoms. The van der Waals surface area contributed by atoms with Crippen LogP contribution < -0.4 is 10.6 Å². The SMILES string of the molecule is O=C1NC(=O)C(F)(C(=O)O)C(O)N1. The smallest absolute Gasteiger partial charge is 0.356 e. The van der Waals surface area contributed by atoms with Gasteiger partial charge in [0.25, 0.3) is 5.91 Å². The molecule has 1 rings (SSSR count). The first-order valence-corrected chi connectivity index (χ1v) is 3.11. The first-order valence-electron chi connectivity index (χ1n) is 3.11. The van der Waals surface area contributed by atoms with Gasteiger partial charge in [0, 0.05) is 0 Å². The third-order valence-corrected chi connectivity index (χ3v) is 1.51. The van der Waals surface area contributed by atoms with Crippen LogP contribution in [0.5, 0.6) is 0 Å². The zero-order chi connectivity index (χ0) is 10.2. The van der Waals surface area contributed by atoms with Gasteiger partial charge >= 0.3 is 17.7 Å². The minimum atomic E-state index is -3.53. The Kier molecular flexibility index (Phi) is 1.92.